The van der Waals surface area contributed by atoms with Crippen molar-refractivity contribution < 1.29 is 10.0 Å². The molecule has 0 spiro atoms. The first-order valence-electron chi connectivity index (χ1n) is 7.47. The summed E-state index contributed by atoms with van der Waals surface area (Å²) in [5.41, 5.74) is 2.12. The summed E-state index contributed by atoms with van der Waals surface area (Å²) < 4.78 is 0. The van der Waals surface area contributed by atoms with E-state index in [1.54, 1.807) is 11.8 Å². The van der Waals surface area contributed by atoms with Gasteiger partial charge in [-0.15, -0.1) is 11.8 Å². The average Bonchev–Trinajstić information content (AvgIpc) is 2.97. The number of piperidine rings is 1. The number of likely N-dealkylation sites (tertiary alicyclic amines) is 1. The lowest BCUT2D eigenvalue weighted by atomic mass is 9.93. The van der Waals surface area contributed by atoms with E-state index in [0.29, 0.717) is 19.5 Å². The van der Waals surface area contributed by atoms with Crippen LogP contribution in [-0.4, -0.2) is 40.1 Å². The number of benzene rings is 1. The Kier molecular flexibility index (Phi) is 4.19. The van der Waals surface area contributed by atoms with Crippen LogP contribution in [-0.2, 0) is 11.2 Å². The van der Waals surface area contributed by atoms with Gasteiger partial charge in [-0.05, 0) is 24.5 Å². The van der Waals surface area contributed by atoms with Gasteiger partial charge in [0.05, 0.1) is 11.0 Å². The Morgan fingerprint density at radius 2 is 2.29 bits per heavy atom. The predicted molar refractivity (Wildman–Crippen MR) is 84.0 cm³/mol. The van der Waals surface area contributed by atoms with Gasteiger partial charge >= 0.3 is 0 Å². The number of oxime groups is 1. The van der Waals surface area contributed by atoms with Crippen LogP contribution in [0.1, 0.15) is 25.3 Å². The maximum Gasteiger partial charge on any atom is 0.236 e. The van der Waals surface area contributed by atoms with E-state index in [1.807, 2.05) is 17.0 Å². The summed E-state index contributed by atoms with van der Waals surface area (Å²) in [5.74, 6) is 0.424. The molecule has 1 saturated heterocycles. The summed E-state index contributed by atoms with van der Waals surface area (Å²) in [6.07, 6.45) is 2.42. The Labute approximate surface area is 129 Å². The Morgan fingerprint density at radius 3 is 3.00 bits per heavy atom. The zero-order valence-electron chi connectivity index (χ0n) is 12.2. The summed E-state index contributed by atoms with van der Waals surface area (Å²) in [6.45, 7) is 3.42. The number of carbonyl (C=O) groups is 1. The van der Waals surface area contributed by atoms with Crippen LogP contribution in [0.15, 0.2) is 34.3 Å². The summed E-state index contributed by atoms with van der Waals surface area (Å²) in [4.78, 5) is 15.9. The third kappa shape index (κ3) is 2.79. The lowest BCUT2D eigenvalue weighted by Gasteiger charge is -2.34. The second kappa shape index (κ2) is 6.10. The van der Waals surface area contributed by atoms with Gasteiger partial charge in [0.25, 0.3) is 0 Å². The molecule has 0 saturated carbocycles. The van der Waals surface area contributed by atoms with E-state index >= 15 is 0 Å². The first-order valence-corrected chi connectivity index (χ1v) is 8.35. The number of hydrogen-bond donors (Lipinski definition) is 1. The van der Waals surface area contributed by atoms with Crippen molar-refractivity contribution in [1.82, 2.24) is 4.90 Å². The van der Waals surface area contributed by atoms with Crippen LogP contribution in [0.2, 0.25) is 0 Å². The molecule has 1 amide bonds. The smallest absolute Gasteiger partial charge is 0.236 e. The molecule has 2 aliphatic rings. The van der Waals surface area contributed by atoms with Crippen LogP contribution in [0.4, 0.5) is 0 Å². The zero-order chi connectivity index (χ0) is 14.8. The van der Waals surface area contributed by atoms with Gasteiger partial charge in [0.2, 0.25) is 5.91 Å². The maximum atomic E-state index is 12.7. The van der Waals surface area contributed by atoms with E-state index in [9.17, 15) is 4.79 Å². The number of nitrogens with zero attached hydrogens (tertiary/aromatic N) is 2. The molecule has 1 N–H and O–H groups in total. The Morgan fingerprint density at radius 1 is 1.48 bits per heavy atom. The minimum Gasteiger partial charge on any atom is -0.411 e. The van der Waals surface area contributed by atoms with E-state index in [-0.39, 0.29) is 17.1 Å². The largest absolute Gasteiger partial charge is 0.411 e. The van der Waals surface area contributed by atoms with E-state index in [2.05, 4.69) is 24.2 Å². The molecule has 2 atom stereocenters. The highest BCUT2D eigenvalue weighted by molar-refractivity contribution is 8.01. The molecule has 112 valence electrons. The second-order valence-electron chi connectivity index (χ2n) is 5.65. The van der Waals surface area contributed by atoms with Crippen LogP contribution in [0, 0.1) is 5.92 Å². The standard InChI is InChI=1S/C16H20N2O2S/c1-2-11-10-18(8-7-13(11)17-20)16(19)15-9-12-5-3-4-6-14(12)21-15/h3-6,11,15,20H,2,7-10H2,1H3/b17-13+. The maximum absolute atomic E-state index is 12.7. The molecule has 2 aliphatic heterocycles. The van der Waals surface area contributed by atoms with Gasteiger partial charge in [-0.3, -0.25) is 4.79 Å². The van der Waals surface area contributed by atoms with E-state index < -0.39 is 0 Å². The molecule has 21 heavy (non-hydrogen) atoms. The minimum atomic E-state index is 0.00696. The zero-order valence-corrected chi connectivity index (χ0v) is 13.0. The van der Waals surface area contributed by atoms with Crippen molar-refractivity contribution in [3.05, 3.63) is 29.8 Å². The molecule has 3 rings (SSSR count). The highest BCUT2D eigenvalue weighted by Crippen LogP contribution is 2.38. The van der Waals surface area contributed by atoms with Crippen molar-refractivity contribution in [1.29, 1.82) is 0 Å². The first kappa shape index (κ1) is 14.4. The Bertz CT molecular complexity index is 548. The molecule has 1 aromatic carbocycles. The molecule has 5 heteroatoms. The van der Waals surface area contributed by atoms with Gasteiger partial charge in [0.1, 0.15) is 0 Å². The quantitative estimate of drug-likeness (QED) is 0.675. The van der Waals surface area contributed by atoms with E-state index in [0.717, 1.165) is 18.6 Å². The highest BCUT2D eigenvalue weighted by atomic mass is 32.2. The Balaban J connectivity index is 1.67. The topological polar surface area (TPSA) is 52.9 Å². The molecule has 0 aromatic heterocycles. The van der Waals surface area contributed by atoms with Crippen LogP contribution in [0.25, 0.3) is 0 Å². The number of rotatable bonds is 2. The summed E-state index contributed by atoms with van der Waals surface area (Å²) in [7, 11) is 0. The van der Waals surface area contributed by atoms with Crippen molar-refractivity contribution in [2.45, 2.75) is 36.3 Å². The van der Waals surface area contributed by atoms with E-state index in [1.165, 1.54) is 10.5 Å². The van der Waals surface area contributed by atoms with E-state index in [4.69, 9.17) is 5.21 Å². The fourth-order valence-corrected chi connectivity index (χ4v) is 4.42. The normalized spacial score (nSPS) is 26.9. The van der Waals surface area contributed by atoms with Crippen LogP contribution in [0.3, 0.4) is 0 Å². The highest BCUT2D eigenvalue weighted by Gasteiger charge is 2.34. The molecule has 2 heterocycles. The molecule has 1 aromatic rings. The van der Waals surface area contributed by atoms with Crippen molar-refractivity contribution in [2.24, 2.45) is 11.1 Å². The molecular weight excluding hydrogens is 284 g/mol. The van der Waals surface area contributed by atoms with Gasteiger partial charge in [-0.25, -0.2) is 0 Å². The molecule has 1 fully saturated rings. The second-order valence-corrected chi connectivity index (χ2v) is 6.89. The molecular formula is C16H20N2O2S. The molecule has 0 bridgehead atoms. The van der Waals surface area contributed by atoms with Gasteiger partial charge in [-0.2, -0.15) is 0 Å². The molecule has 0 aliphatic carbocycles. The number of carbonyl (C=O) groups excluding carboxylic acids is 1. The van der Waals surface area contributed by atoms with Gasteiger partial charge in [0, 0.05) is 30.3 Å². The van der Waals surface area contributed by atoms with Crippen LogP contribution < -0.4 is 0 Å². The average molecular weight is 304 g/mol. The first-order chi connectivity index (χ1) is 10.2. The third-order valence-electron chi connectivity index (χ3n) is 4.41. The van der Waals surface area contributed by atoms with Crippen LogP contribution in [0.5, 0.6) is 0 Å². The fourth-order valence-electron chi connectivity index (χ4n) is 3.14. The van der Waals surface area contributed by atoms with Gasteiger partial charge < -0.3 is 10.1 Å². The SMILES string of the molecule is CCC1CN(C(=O)C2Cc3ccccc3S2)CC/C1=N\O. The lowest BCUT2D eigenvalue weighted by molar-refractivity contribution is -0.131. The summed E-state index contributed by atoms with van der Waals surface area (Å²) >= 11 is 1.68. The summed E-state index contributed by atoms with van der Waals surface area (Å²) in [6, 6.07) is 8.26. The van der Waals surface area contributed by atoms with Crippen molar-refractivity contribution in [2.75, 3.05) is 13.1 Å². The lowest BCUT2D eigenvalue weighted by Crippen LogP contribution is -2.47. The Hall–Kier alpha value is -1.49. The van der Waals surface area contributed by atoms with Crippen molar-refractivity contribution in [3.63, 3.8) is 0 Å². The predicted octanol–water partition coefficient (Wildman–Crippen LogP) is 2.79. The van der Waals surface area contributed by atoms with Crippen molar-refractivity contribution in [3.8, 4) is 0 Å². The minimum absolute atomic E-state index is 0.00696. The van der Waals surface area contributed by atoms with Crippen molar-refractivity contribution >= 4 is 23.4 Å². The molecule has 2 unspecified atom stereocenters. The van der Waals surface area contributed by atoms with Gasteiger partial charge in [0.15, 0.2) is 0 Å². The number of hydrogen-bond acceptors (Lipinski definition) is 4. The van der Waals surface area contributed by atoms with Gasteiger partial charge in [-0.1, -0.05) is 30.3 Å². The molecule has 0 radical (unpaired) electrons. The summed E-state index contributed by atoms with van der Waals surface area (Å²) in [5, 5.41) is 12.4. The number of thioether (sulfide) groups is 1. The molecule has 4 nitrogen and oxygen atoms in total. The fraction of sp³-hybridized carbons (Fsp3) is 0.500. The third-order valence-corrected chi connectivity index (χ3v) is 5.71. The van der Waals surface area contributed by atoms with Crippen LogP contribution >= 0.6 is 11.8 Å². The number of fused-ring (bicyclic) bond motifs is 1. The monoisotopic (exact) mass is 304 g/mol. The number of amides is 1.